The normalized spacial score (nSPS) is 28.1. The SMILES string of the molecule is CC(C)C1OC(CO)C(O)C(O)C1O.CC(C)C1OC(CO)C(O)C(O)C1O.CC(C)C1OC(CO)C(O)C(O)C1O.CC(C)C1OCC(O)C(O)C1O.CCc1ccc(-c2c3nc(c(-c4ccc(CC)cc4)c4ccc([nH]4)c(-c4ccc(CC)cc4)c4nc(c(-c5ccccc5)c5ccc2[nH]5)C=C4)C=C3)cc1. The van der Waals surface area contributed by atoms with Crippen LogP contribution in [0, 0.1) is 23.7 Å². The highest BCUT2D eigenvalue weighted by Gasteiger charge is 2.47. The van der Waals surface area contributed by atoms with Gasteiger partial charge in [-0.1, -0.05) is 179 Å². The zero-order valence-electron chi connectivity index (χ0n) is 63.4. The lowest BCUT2D eigenvalue weighted by Crippen LogP contribution is -2.59. The molecule has 4 fully saturated rings. The maximum Gasteiger partial charge on any atom is 0.111 e. The van der Waals surface area contributed by atoms with E-state index < -0.39 is 110 Å². The van der Waals surface area contributed by atoms with Gasteiger partial charge in [-0.25, -0.2) is 9.97 Å². The summed E-state index contributed by atoms with van der Waals surface area (Å²) in [5.41, 5.74) is 20.3. The number of nitrogens with zero attached hydrogens (tertiary/aromatic N) is 2. The quantitative estimate of drug-likeness (QED) is 0.0498. The molecule has 4 aromatic carbocycles. The van der Waals surface area contributed by atoms with Gasteiger partial charge in [0.15, 0.2) is 0 Å². The highest BCUT2D eigenvalue weighted by atomic mass is 16.6. The van der Waals surface area contributed by atoms with E-state index in [1.54, 1.807) is 0 Å². The average Bonchev–Trinajstić information content (AvgIpc) is 1.62. The lowest BCUT2D eigenvalue weighted by molar-refractivity contribution is -0.238. The van der Waals surface area contributed by atoms with Crippen LogP contribution in [0.25, 0.3) is 90.9 Å². The van der Waals surface area contributed by atoms with Crippen molar-refractivity contribution in [3.8, 4) is 44.5 Å². The van der Waals surface area contributed by atoms with Crippen LogP contribution in [-0.4, -0.2) is 239 Å². The lowest BCUT2D eigenvalue weighted by atomic mass is 9.90. The molecule has 0 aliphatic carbocycles. The first kappa shape index (κ1) is 84.7. The maximum absolute atomic E-state index is 9.57. The molecule has 6 aliphatic rings. The third-order valence-electron chi connectivity index (χ3n) is 20.7. The summed E-state index contributed by atoms with van der Waals surface area (Å²) in [6.07, 6.45) is -6.65. The number of H-pyrrole nitrogens is 2. The predicted octanol–water partition coefficient (Wildman–Crippen LogP) is 7.59. The van der Waals surface area contributed by atoms with Gasteiger partial charge in [-0.15, -0.1) is 0 Å². The average molecular weight is 1490 g/mol. The largest absolute Gasteiger partial charge is 0.394 e. The van der Waals surface area contributed by atoms with Crippen molar-refractivity contribution in [3.63, 3.8) is 0 Å². The minimum atomic E-state index is -1.26. The Balaban J connectivity index is 0.000000200. The number of aromatic amines is 2. The van der Waals surface area contributed by atoms with Crippen LogP contribution in [0.3, 0.4) is 0 Å². The molecular weight excluding hydrogens is 1380 g/mol. The van der Waals surface area contributed by atoms with Crippen LogP contribution in [0.4, 0.5) is 0 Å². The second-order valence-electron chi connectivity index (χ2n) is 29.7. The van der Waals surface area contributed by atoms with Crippen LogP contribution in [0.5, 0.6) is 0 Å². The number of aryl methyl sites for hydroxylation is 3. The molecule has 13 rings (SSSR count). The number of aliphatic hydroxyl groups excluding tert-OH is 15. The Labute approximate surface area is 631 Å². The van der Waals surface area contributed by atoms with Gasteiger partial charge in [0.25, 0.3) is 0 Å². The van der Waals surface area contributed by atoms with E-state index in [1.165, 1.54) is 16.7 Å². The van der Waals surface area contributed by atoms with Gasteiger partial charge in [-0.2, -0.15) is 0 Å². The Morgan fingerprint density at radius 2 is 0.583 bits per heavy atom. The first-order valence-corrected chi connectivity index (χ1v) is 37.7. The molecule has 4 saturated heterocycles. The minimum Gasteiger partial charge on any atom is -0.394 e. The first-order chi connectivity index (χ1) is 51.6. The Hall–Kier alpha value is -7.28. The van der Waals surface area contributed by atoms with Crippen molar-refractivity contribution in [2.24, 2.45) is 23.7 Å². The summed E-state index contributed by atoms with van der Waals surface area (Å²) in [5, 5.41) is 140. The lowest BCUT2D eigenvalue weighted by Gasteiger charge is -2.41. The fraction of sp³-hybridized carbons (Fsp3) is 0.482. The fourth-order valence-electron chi connectivity index (χ4n) is 14.2. The summed E-state index contributed by atoms with van der Waals surface area (Å²) in [4.78, 5) is 18.6. The van der Waals surface area contributed by atoms with Crippen molar-refractivity contribution in [1.82, 2.24) is 19.9 Å². The number of fused-ring (bicyclic) bond motifs is 8. The molecule has 9 heterocycles. The zero-order chi connectivity index (χ0) is 78.5. The first-order valence-electron chi connectivity index (χ1n) is 37.7. The second kappa shape index (κ2) is 38.6. The summed E-state index contributed by atoms with van der Waals surface area (Å²) < 4.78 is 21.0. The fourth-order valence-corrected chi connectivity index (χ4v) is 14.2. The van der Waals surface area contributed by atoms with Crippen molar-refractivity contribution < 1.29 is 95.5 Å². The van der Waals surface area contributed by atoms with Crippen molar-refractivity contribution in [2.45, 2.75) is 211 Å². The van der Waals surface area contributed by atoms with E-state index in [0.29, 0.717) is 0 Å². The van der Waals surface area contributed by atoms with Crippen molar-refractivity contribution >= 4 is 46.4 Å². The molecule has 0 amide bonds. The molecule has 3 aromatic heterocycles. The third kappa shape index (κ3) is 19.5. The zero-order valence-corrected chi connectivity index (χ0v) is 63.4. The molecule has 0 spiro atoms. The van der Waals surface area contributed by atoms with Gasteiger partial charge < -0.3 is 106 Å². The summed E-state index contributed by atoms with van der Waals surface area (Å²) >= 11 is 0. The van der Waals surface area contributed by atoms with Crippen LogP contribution in [-0.2, 0) is 38.2 Å². The van der Waals surface area contributed by atoms with E-state index >= 15 is 0 Å². The highest BCUT2D eigenvalue weighted by Crippen LogP contribution is 2.40. The molecule has 108 heavy (non-hydrogen) atoms. The Kier molecular flexibility index (Phi) is 30.3. The minimum absolute atomic E-state index is 0.0150. The standard InChI is InChI=1S/C50H42N4.3C9H18O5.C8H16O4/c1-4-32-12-18-36(19-13-32)48-41-26-24-39(51-41)47(35-10-8-7-9-11-35)40-25-27-42(52-40)49(37-20-14-33(5-2)15-21-37)44-29-31-46(54-44)50(45-30-28-43(48)53-45)38-22-16-34(6-3)17-23-38;3*1-4(2)9-8(13)7(12)6(11)5(3-10)14-9;1-4(2)8-7(11)6(10)5(9)3-12-8/h7-31,51,54H,4-6H2,1-3H3;3*4-13H,3H2,1-2H3;4-11H,3H2,1-2H3. The Bertz CT molecular complexity index is 4080. The summed E-state index contributed by atoms with van der Waals surface area (Å²) in [6, 6.07) is 46.1. The summed E-state index contributed by atoms with van der Waals surface area (Å²) in [6.45, 7) is 20.4. The van der Waals surface area contributed by atoms with E-state index in [-0.39, 0.29) is 56.2 Å². The van der Waals surface area contributed by atoms with Gasteiger partial charge in [-0.05, 0) is 130 Å². The smallest absolute Gasteiger partial charge is 0.111 e. The van der Waals surface area contributed by atoms with Crippen molar-refractivity contribution in [2.75, 3.05) is 26.4 Å². The van der Waals surface area contributed by atoms with Crippen LogP contribution in [0.15, 0.2) is 127 Å². The molecule has 0 radical (unpaired) electrons. The van der Waals surface area contributed by atoms with Gasteiger partial charge in [-0.3, -0.25) is 0 Å². The molecule has 586 valence electrons. The van der Waals surface area contributed by atoms with Gasteiger partial charge in [0.1, 0.15) is 91.6 Å². The number of ether oxygens (including phenoxy) is 4. The molecule has 17 N–H and O–H groups in total. The number of aliphatic hydroxyl groups is 15. The molecule has 23 heteroatoms. The number of rotatable bonds is 14. The van der Waals surface area contributed by atoms with E-state index in [2.05, 4.69) is 182 Å². The number of hydrogen-bond donors (Lipinski definition) is 17. The molecule has 23 nitrogen and oxygen atoms in total. The molecule has 19 unspecified atom stereocenters. The van der Waals surface area contributed by atoms with Crippen molar-refractivity contribution in [1.29, 1.82) is 0 Å². The predicted molar refractivity (Wildman–Crippen MR) is 417 cm³/mol. The number of hydrogen-bond acceptors (Lipinski definition) is 21. The Morgan fingerprint density at radius 3 is 0.833 bits per heavy atom. The number of nitrogens with one attached hydrogen (secondary N) is 2. The molecule has 6 aliphatic heterocycles. The molecule has 8 bridgehead atoms. The molecule has 19 atom stereocenters. The monoisotopic (exact) mass is 1490 g/mol. The maximum atomic E-state index is 9.57. The summed E-state index contributed by atoms with van der Waals surface area (Å²) in [7, 11) is 0. The second-order valence-corrected chi connectivity index (χ2v) is 29.7. The van der Waals surface area contributed by atoms with E-state index in [1.807, 2.05) is 55.4 Å². The van der Waals surface area contributed by atoms with E-state index in [4.69, 9.17) is 49.3 Å². The topological polar surface area (TPSA) is 398 Å². The van der Waals surface area contributed by atoms with Gasteiger partial charge >= 0.3 is 0 Å². The molecular formula is C85H112N4O19. The van der Waals surface area contributed by atoms with Gasteiger partial charge in [0.05, 0.1) is 73.6 Å². The number of aromatic nitrogens is 4. The van der Waals surface area contributed by atoms with Crippen LogP contribution in [0.2, 0.25) is 0 Å². The summed E-state index contributed by atoms with van der Waals surface area (Å²) in [5.74, 6) is 0.186. The van der Waals surface area contributed by atoms with Gasteiger partial charge in [0, 0.05) is 44.3 Å². The van der Waals surface area contributed by atoms with Crippen LogP contribution < -0.4 is 0 Å². The third-order valence-corrected chi connectivity index (χ3v) is 20.7. The van der Waals surface area contributed by atoms with E-state index in [9.17, 15) is 56.2 Å². The van der Waals surface area contributed by atoms with E-state index in [0.717, 1.165) is 109 Å². The number of benzene rings is 4. The van der Waals surface area contributed by atoms with Crippen LogP contribution in [0.1, 0.15) is 116 Å². The van der Waals surface area contributed by atoms with Gasteiger partial charge in [0.2, 0.25) is 0 Å². The molecule has 0 saturated carbocycles. The van der Waals surface area contributed by atoms with Crippen LogP contribution >= 0.6 is 0 Å². The Morgan fingerprint density at radius 1 is 0.324 bits per heavy atom. The highest BCUT2D eigenvalue weighted by molar-refractivity contribution is 6.00. The molecule has 7 aromatic rings. The van der Waals surface area contributed by atoms with Crippen molar-refractivity contribution in [3.05, 3.63) is 167 Å².